The molecule has 0 bridgehead atoms. The number of furan rings is 1. The number of nitrogens with zero attached hydrogens (tertiary/aromatic N) is 2. The van der Waals surface area contributed by atoms with Crippen molar-refractivity contribution in [3.8, 4) is 16.8 Å². The molecule has 7 aromatic carbocycles. The Morgan fingerprint density at radius 1 is 0.591 bits per heavy atom. The average Bonchev–Trinajstić information content (AvgIpc) is 4.04. The molecule has 324 valence electrons. The Bertz CT molecular complexity index is 3970. The summed E-state index contributed by atoms with van der Waals surface area (Å²) in [5, 5.41) is 9.19. The van der Waals surface area contributed by atoms with Crippen molar-refractivity contribution < 1.29 is 4.42 Å². The maximum Gasteiger partial charge on any atom is 0.343 e. The van der Waals surface area contributed by atoms with Gasteiger partial charge in [0.15, 0.2) is 0 Å². The molecule has 0 radical (unpaired) electrons. The minimum atomic E-state index is -0.0924. The van der Waals surface area contributed by atoms with Gasteiger partial charge in [-0.1, -0.05) is 124 Å². The highest BCUT2D eigenvalue weighted by Crippen LogP contribution is 2.56. The van der Waals surface area contributed by atoms with Crippen LogP contribution in [0.3, 0.4) is 0 Å². The minimum Gasteiger partial charge on any atom is -0.456 e. The predicted octanol–water partition coefficient (Wildman–Crippen LogP) is 16.4. The Morgan fingerprint density at radius 2 is 1.26 bits per heavy atom. The molecule has 0 N–H and O–H groups in total. The van der Waals surface area contributed by atoms with Crippen LogP contribution < -0.4 is 15.1 Å². The summed E-state index contributed by atoms with van der Waals surface area (Å²) in [4.78, 5) is 2.70. The third kappa shape index (κ3) is 5.05. The van der Waals surface area contributed by atoms with Gasteiger partial charge in [0.1, 0.15) is 11.2 Å². The van der Waals surface area contributed by atoms with Gasteiger partial charge in [-0.3, -0.25) is 0 Å². The summed E-state index contributed by atoms with van der Waals surface area (Å²) in [6, 6.07) is 44.8. The van der Waals surface area contributed by atoms with Crippen LogP contribution in [-0.4, -0.2) is 11.4 Å². The molecule has 3 nitrogen and oxygen atoms in total. The van der Waals surface area contributed by atoms with E-state index in [0.717, 1.165) is 21.9 Å². The lowest BCUT2D eigenvalue weighted by Crippen LogP contribution is -2.59. The second-order valence-corrected chi connectivity index (χ2v) is 25.3. The van der Waals surface area contributed by atoms with Crippen LogP contribution in [0.2, 0.25) is 0 Å². The fraction of sp³-hybridized carbons (Fsp3) is 0.267. The standard InChI is InChI=1S/C60H53BN2OS2/c1-57(2,3)32-19-22-34(23-20-32)63-44-31-46-37(35-15-11-13-17-45(35)64-46)28-38(44)49-50-36-16-12-14-18-47(36)65-55(50)51-39-29-41-42(60(9,10)26-25-59(41,7)8)30-43(39)62-53-40-27-33(58(4,5)6)21-24-48(40)66-56(53)61(63)52(49)54(51)62/h11-24,27-31H,25-26H2,1-10H3. The molecule has 3 aliphatic rings. The highest BCUT2D eigenvalue weighted by Gasteiger charge is 2.48. The first-order valence-electron chi connectivity index (χ1n) is 23.9. The molecule has 4 aromatic heterocycles. The molecule has 66 heavy (non-hydrogen) atoms. The zero-order valence-corrected chi connectivity index (χ0v) is 41.2. The lowest BCUT2D eigenvalue weighted by atomic mass is 9.47. The van der Waals surface area contributed by atoms with E-state index in [1.807, 2.05) is 22.7 Å². The van der Waals surface area contributed by atoms with Crippen LogP contribution in [0.25, 0.3) is 90.8 Å². The molecule has 11 aromatic rings. The van der Waals surface area contributed by atoms with E-state index in [4.69, 9.17) is 4.42 Å². The Morgan fingerprint density at radius 3 is 2.00 bits per heavy atom. The maximum atomic E-state index is 6.81. The monoisotopic (exact) mass is 892 g/mol. The normalized spacial score (nSPS) is 16.4. The molecule has 6 heteroatoms. The highest BCUT2D eigenvalue weighted by atomic mass is 32.1. The molecule has 14 rings (SSSR count). The van der Waals surface area contributed by atoms with Crippen LogP contribution in [0.4, 0.5) is 11.4 Å². The van der Waals surface area contributed by atoms with Gasteiger partial charge in [-0.15, -0.1) is 22.7 Å². The Balaban J connectivity index is 1.25. The molecule has 0 unspecified atom stereocenters. The van der Waals surface area contributed by atoms with Crippen molar-refractivity contribution in [2.45, 2.75) is 104 Å². The molecule has 0 fully saturated rings. The summed E-state index contributed by atoms with van der Waals surface area (Å²) in [6.45, 7) is 23.8. The second kappa shape index (κ2) is 12.6. The van der Waals surface area contributed by atoms with E-state index < -0.39 is 0 Å². The second-order valence-electron chi connectivity index (χ2n) is 23.1. The lowest BCUT2D eigenvalue weighted by Gasteiger charge is -2.42. The van der Waals surface area contributed by atoms with E-state index in [9.17, 15) is 0 Å². The molecule has 0 saturated carbocycles. The molecule has 2 aliphatic heterocycles. The first-order valence-corrected chi connectivity index (χ1v) is 25.5. The van der Waals surface area contributed by atoms with Crippen molar-refractivity contribution >= 4 is 125 Å². The largest absolute Gasteiger partial charge is 0.456 e. The van der Waals surface area contributed by atoms with Crippen LogP contribution >= 0.6 is 22.7 Å². The van der Waals surface area contributed by atoms with Crippen LogP contribution in [0.15, 0.2) is 120 Å². The molecule has 0 saturated heterocycles. The van der Waals surface area contributed by atoms with Gasteiger partial charge in [-0.2, -0.15) is 0 Å². The van der Waals surface area contributed by atoms with Crippen molar-refractivity contribution in [1.29, 1.82) is 0 Å². The number of benzene rings is 7. The van der Waals surface area contributed by atoms with Crippen molar-refractivity contribution in [3.63, 3.8) is 0 Å². The van der Waals surface area contributed by atoms with Crippen molar-refractivity contribution in [2.24, 2.45) is 0 Å². The van der Waals surface area contributed by atoms with Gasteiger partial charge in [0.2, 0.25) is 0 Å². The molecular formula is C60H53BN2OS2. The summed E-state index contributed by atoms with van der Waals surface area (Å²) in [7, 11) is 0. The number of anilines is 2. The van der Waals surface area contributed by atoms with E-state index >= 15 is 0 Å². The number of para-hydroxylation sites is 1. The Kier molecular flexibility index (Phi) is 7.50. The van der Waals surface area contributed by atoms with Gasteiger partial charge in [0.25, 0.3) is 0 Å². The van der Waals surface area contributed by atoms with E-state index in [-0.39, 0.29) is 28.5 Å². The molecule has 0 spiro atoms. The number of rotatable bonds is 1. The molecule has 6 heterocycles. The van der Waals surface area contributed by atoms with E-state index in [0.29, 0.717) is 0 Å². The zero-order chi connectivity index (χ0) is 45.1. The van der Waals surface area contributed by atoms with E-state index in [1.165, 1.54) is 126 Å². The average molecular weight is 893 g/mol. The summed E-state index contributed by atoms with van der Waals surface area (Å²) >= 11 is 3.99. The van der Waals surface area contributed by atoms with Gasteiger partial charge in [0.05, 0.1) is 16.7 Å². The molecule has 0 atom stereocenters. The molecular weight excluding hydrogens is 840 g/mol. The van der Waals surface area contributed by atoms with Crippen LogP contribution in [0.1, 0.15) is 104 Å². The summed E-state index contributed by atoms with van der Waals surface area (Å²) < 4.78 is 15.1. The fourth-order valence-electron chi connectivity index (χ4n) is 12.4. The van der Waals surface area contributed by atoms with Gasteiger partial charge in [0, 0.05) is 79.6 Å². The Labute approximate surface area is 394 Å². The quantitative estimate of drug-likeness (QED) is 0.153. The van der Waals surface area contributed by atoms with Crippen LogP contribution in [0, 0.1) is 0 Å². The number of hydrogen-bond donors (Lipinski definition) is 0. The maximum absolute atomic E-state index is 6.81. The van der Waals surface area contributed by atoms with Crippen LogP contribution in [-0.2, 0) is 21.7 Å². The molecule has 0 amide bonds. The van der Waals surface area contributed by atoms with Crippen molar-refractivity contribution in [3.05, 3.63) is 138 Å². The number of thiophene rings is 2. The highest BCUT2D eigenvalue weighted by molar-refractivity contribution is 7.32. The van der Waals surface area contributed by atoms with Gasteiger partial charge in [-0.25, -0.2) is 0 Å². The number of aromatic nitrogens is 1. The summed E-state index contributed by atoms with van der Waals surface area (Å²) in [6.07, 6.45) is 2.36. The van der Waals surface area contributed by atoms with Crippen molar-refractivity contribution in [2.75, 3.05) is 4.81 Å². The van der Waals surface area contributed by atoms with Gasteiger partial charge >= 0.3 is 6.85 Å². The Hall–Kier alpha value is -5.82. The minimum absolute atomic E-state index is 0.00266. The number of hydrogen-bond acceptors (Lipinski definition) is 4. The first kappa shape index (κ1) is 39.4. The summed E-state index contributed by atoms with van der Waals surface area (Å²) in [5.41, 5.74) is 18.2. The van der Waals surface area contributed by atoms with Crippen LogP contribution in [0.5, 0.6) is 0 Å². The number of fused-ring (bicyclic) bond motifs is 19. The smallest absolute Gasteiger partial charge is 0.343 e. The zero-order valence-electron chi connectivity index (χ0n) is 39.6. The van der Waals surface area contributed by atoms with E-state index in [1.54, 1.807) is 0 Å². The first-order chi connectivity index (χ1) is 31.5. The lowest BCUT2D eigenvalue weighted by molar-refractivity contribution is 0.332. The van der Waals surface area contributed by atoms with Gasteiger partial charge < -0.3 is 13.8 Å². The van der Waals surface area contributed by atoms with Crippen molar-refractivity contribution in [1.82, 2.24) is 4.57 Å². The predicted molar refractivity (Wildman–Crippen MR) is 288 cm³/mol. The fourth-order valence-corrected chi connectivity index (χ4v) is 14.9. The third-order valence-corrected chi connectivity index (χ3v) is 18.5. The van der Waals surface area contributed by atoms with Gasteiger partial charge in [-0.05, 0) is 122 Å². The molecule has 1 aliphatic carbocycles. The topological polar surface area (TPSA) is 21.3 Å². The van der Waals surface area contributed by atoms with E-state index in [2.05, 4.69) is 194 Å². The SMILES string of the molecule is CC(C)(C)c1ccc(N2B3c4sc5ccc(C(C)(C)C)cc5c4-n4c5cc6c(cc5c5c7sc8ccccc8c7c(c3c54)-c3cc4c(cc32)oc2ccccc24)C(C)(C)CCC6(C)C)cc1. The summed E-state index contributed by atoms with van der Waals surface area (Å²) in [5.74, 6) is 0. The third-order valence-electron chi connectivity index (χ3n) is 16.1.